The van der Waals surface area contributed by atoms with E-state index in [4.69, 9.17) is 10.2 Å². The maximum Gasteiger partial charge on any atom is 0.364 e. The Kier molecular flexibility index (Phi) is 3.58. The van der Waals surface area contributed by atoms with Gasteiger partial charge in [0, 0.05) is 6.08 Å². The van der Waals surface area contributed by atoms with Gasteiger partial charge < -0.3 is 10.2 Å². The second-order valence-electron chi connectivity index (χ2n) is 1.52. The van der Waals surface area contributed by atoms with Gasteiger partial charge in [-0.1, -0.05) is 6.08 Å². The second kappa shape index (κ2) is 4.21. The third-order valence-corrected chi connectivity index (χ3v) is 0.686. The summed E-state index contributed by atoms with van der Waals surface area (Å²) in [5, 5.41) is 15.9. The summed E-state index contributed by atoms with van der Waals surface area (Å²) in [7, 11) is 0. The highest BCUT2D eigenvalue weighted by atomic mass is 19.1. The number of hydrogen-bond acceptors (Lipinski definition) is 2. The molecule has 0 aromatic carbocycles. The van der Waals surface area contributed by atoms with Crippen molar-refractivity contribution in [2.24, 2.45) is 0 Å². The molecule has 60 valence electrons. The molecule has 0 saturated heterocycles. The average Bonchev–Trinajstić information content (AvgIpc) is 1.86. The van der Waals surface area contributed by atoms with Gasteiger partial charge in [0.15, 0.2) is 0 Å². The fourth-order valence-electron chi connectivity index (χ4n) is 0.286. The van der Waals surface area contributed by atoms with Crippen molar-refractivity contribution in [3.63, 3.8) is 0 Å². The molecule has 11 heavy (non-hydrogen) atoms. The quantitative estimate of drug-likeness (QED) is 0.467. The lowest BCUT2D eigenvalue weighted by atomic mass is 10.4. The van der Waals surface area contributed by atoms with Crippen molar-refractivity contribution >= 4 is 11.9 Å². The van der Waals surface area contributed by atoms with Crippen LogP contribution < -0.4 is 0 Å². The molecule has 0 rings (SSSR count). The molecule has 2 N–H and O–H groups in total. The Labute approximate surface area is 61.3 Å². The Morgan fingerprint density at radius 1 is 1.27 bits per heavy atom. The first-order valence-electron chi connectivity index (χ1n) is 2.54. The van der Waals surface area contributed by atoms with Crippen LogP contribution in [-0.2, 0) is 9.59 Å². The molecule has 0 spiro atoms. The molecule has 0 atom stereocenters. The van der Waals surface area contributed by atoms with Crippen molar-refractivity contribution in [2.75, 3.05) is 0 Å². The predicted octanol–water partition coefficient (Wildman–Crippen LogP) is 0.565. The molecule has 0 radical (unpaired) electrons. The molecule has 0 fully saturated rings. The van der Waals surface area contributed by atoms with Gasteiger partial charge in [0.25, 0.3) is 0 Å². The minimum Gasteiger partial charge on any atom is -0.478 e. The summed E-state index contributed by atoms with van der Waals surface area (Å²) in [6, 6.07) is 0. The van der Waals surface area contributed by atoms with Crippen LogP contribution in [0.4, 0.5) is 4.39 Å². The topological polar surface area (TPSA) is 74.6 Å². The van der Waals surface area contributed by atoms with Crippen LogP contribution in [0.25, 0.3) is 0 Å². The Balaban J connectivity index is 4.13. The molecule has 5 heteroatoms. The summed E-state index contributed by atoms with van der Waals surface area (Å²) < 4.78 is 12.0. The van der Waals surface area contributed by atoms with Crippen LogP contribution in [0.3, 0.4) is 0 Å². The molecule has 0 aliphatic heterocycles. The van der Waals surface area contributed by atoms with E-state index >= 15 is 0 Å². The highest BCUT2D eigenvalue weighted by Gasteiger charge is 2.01. The third kappa shape index (κ3) is 4.83. The van der Waals surface area contributed by atoms with E-state index in [0.717, 1.165) is 6.08 Å². The van der Waals surface area contributed by atoms with Crippen LogP contribution in [0.1, 0.15) is 0 Å². The highest BCUT2D eigenvalue weighted by molar-refractivity contribution is 5.85. The van der Waals surface area contributed by atoms with Crippen molar-refractivity contribution in [3.05, 3.63) is 24.1 Å². The van der Waals surface area contributed by atoms with E-state index in [1.807, 2.05) is 0 Å². The Hall–Kier alpha value is -1.65. The average molecular weight is 160 g/mol. The Bertz CT molecular complexity index is 229. The predicted molar refractivity (Wildman–Crippen MR) is 33.6 cm³/mol. The molecule has 4 nitrogen and oxygen atoms in total. The molecule has 0 heterocycles. The fraction of sp³-hybridized carbons (Fsp3) is 0. The number of rotatable bonds is 3. The van der Waals surface area contributed by atoms with Gasteiger partial charge in [-0.2, -0.15) is 4.39 Å². The van der Waals surface area contributed by atoms with Crippen LogP contribution in [-0.4, -0.2) is 22.2 Å². The van der Waals surface area contributed by atoms with Crippen LogP contribution in [0, 0.1) is 0 Å². The number of hydrogen-bond donors (Lipinski definition) is 2. The van der Waals surface area contributed by atoms with E-state index in [1.54, 1.807) is 0 Å². The van der Waals surface area contributed by atoms with E-state index in [9.17, 15) is 14.0 Å². The molecule has 0 aromatic heterocycles. The van der Waals surface area contributed by atoms with E-state index in [2.05, 4.69) is 0 Å². The number of allylic oxidation sites excluding steroid dienone is 2. The molecule has 0 aromatic rings. The van der Waals surface area contributed by atoms with Crippen LogP contribution >= 0.6 is 0 Å². The lowest BCUT2D eigenvalue weighted by molar-refractivity contribution is -0.134. The molecule has 0 aliphatic carbocycles. The van der Waals surface area contributed by atoms with Gasteiger partial charge in [-0.25, -0.2) is 9.59 Å². The molecular weight excluding hydrogens is 155 g/mol. The largest absolute Gasteiger partial charge is 0.478 e. The number of carboxylic acid groups (broad SMARTS) is 2. The van der Waals surface area contributed by atoms with Gasteiger partial charge >= 0.3 is 11.9 Å². The summed E-state index contributed by atoms with van der Waals surface area (Å²) in [5.74, 6) is -4.39. The first kappa shape index (κ1) is 9.35. The van der Waals surface area contributed by atoms with Crippen LogP contribution in [0.5, 0.6) is 0 Å². The van der Waals surface area contributed by atoms with Crippen molar-refractivity contribution in [1.29, 1.82) is 0 Å². The van der Waals surface area contributed by atoms with E-state index < -0.39 is 17.8 Å². The molecule has 0 amide bonds. The minimum atomic E-state index is -1.72. The van der Waals surface area contributed by atoms with Gasteiger partial charge in [-0.15, -0.1) is 0 Å². The minimum absolute atomic E-state index is 0.552. The van der Waals surface area contributed by atoms with Gasteiger partial charge in [-0.05, 0) is 6.08 Å². The SMILES string of the molecule is O=C(O)/C=C\C=C(\F)C(=O)O. The van der Waals surface area contributed by atoms with Crippen molar-refractivity contribution < 1.29 is 24.2 Å². The van der Waals surface area contributed by atoms with Crippen molar-refractivity contribution in [1.82, 2.24) is 0 Å². The standard InChI is InChI=1S/C6H5FO4/c7-4(6(10)11)2-1-3-5(8)9/h1-3H,(H,8,9)(H,10,11)/b3-1-,4-2+. The summed E-state index contributed by atoms with van der Waals surface area (Å²) in [4.78, 5) is 19.5. The zero-order valence-corrected chi connectivity index (χ0v) is 5.32. The smallest absolute Gasteiger partial charge is 0.364 e. The van der Waals surface area contributed by atoms with Gasteiger partial charge in [0.1, 0.15) is 0 Å². The Morgan fingerprint density at radius 3 is 2.18 bits per heavy atom. The van der Waals surface area contributed by atoms with E-state index in [-0.39, 0.29) is 0 Å². The summed E-state index contributed by atoms with van der Waals surface area (Å²) in [6.07, 6.45) is 1.98. The molecule has 0 unspecified atom stereocenters. The summed E-state index contributed by atoms with van der Waals surface area (Å²) in [6.45, 7) is 0. The van der Waals surface area contributed by atoms with Crippen LogP contribution in [0.2, 0.25) is 0 Å². The van der Waals surface area contributed by atoms with Gasteiger partial charge in [0.05, 0.1) is 0 Å². The summed E-state index contributed by atoms with van der Waals surface area (Å²) >= 11 is 0. The van der Waals surface area contributed by atoms with Crippen LogP contribution in [0.15, 0.2) is 24.1 Å². The fourth-order valence-corrected chi connectivity index (χ4v) is 0.286. The maximum absolute atomic E-state index is 12.0. The maximum atomic E-state index is 12.0. The highest BCUT2D eigenvalue weighted by Crippen LogP contribution is 1.95. The lowest BCUT2D eigenvalue weighted by Gasteiger charge is -1.82. The Morgan fingerprint density at radius 2 is 1.82 bits per heavy atom. The van der Waals surface area contributed by atoms with E-state index in [1.165, 1.54) is 0 Å². The lowest BCUT2D eigenvalue weighted by Crippen LogP contribution is -1.93. The third-order valence-electron chi connectivity index (χ3n) is 0.686. The zero-order chi connectivity index (χ0) is 8.85. The molecule has 0 bridgehead atoms. The summed E-state index contributed by atoms with van der Waals surface area (Å²) in [5.41, 5.74) is 0. The van der Waals surface area contributed by atoms with Crippen molar-refractivity contribution in [3.8, 4) is 0 Å². The first-order valence-corrected chi connectivity index (χ1v) is 2.54. The molecule has 0 aliphatic rings. The number of aliphatic carboxylic acids is 2. The molecule has 0 saturated carbocycles. The second-order valence-corrected chi connectivity index (χ2v) is 1.52. The van der Waals surface area contributed by atoms with Crippen molar-refractivity contribution in [2.45, 2.75) is 0 Å². The number of carbonyl (C=O) groups is 2. The first-order chi connectivity index (χ1) is 5.04. The number of carboxylic acids is 2. The monoisotopic (exact) mass is 160 g/mol. The van der Waals surface area contributed by atoms with E-state index in [0.29, 0.717) is 12.2 Å². The zero-order valence-electron chi connectivity index (χ0n) is 5.32. The molecular formula is C6H5FO4. The van der Waals surface area contributed by atoms with Gasteiger partial charge in [0.2, 0.25) is 5.83 Å². The normalized spacial score (nSPS) is 11.9. The number of halogens is 1. The van der Waals surface area contributed by atoms with Gasteiger partial charge in [-0.3, -0.25) is 0 Å².